The van der Waals surface area contributed by atoms with E-state index in [4.69, 9.17) is 5.26 Å². The highest BCUT2D eigenvalue weighted by atomic mass is 32.2. The molecule has 1 saturated heterocycles. The van der Waals surface area contributed by atoms with Crippen molar-refractivity contribution >= 4 is 32.3 Å². The molecule has 1 aromatic heterocycles. The zero-order valence-corrected chi connectivity index (χ0v) is 15.9. The summed E-state index contributed by atoms with van der Waals surface area (Å²) in [6.45, 7) is 3.04. The van der Waals surface area contributed by atoms with Crippen molar-refractivity contribution in [3.63, 3.8) is 0 Å². The number of nitrogens with zero attached hydrogens (tertiary/aromatic N) is 2. The second-order valence-corrected chi connectivity index (χ2v) is 9.22. The van der Waals surface area contributed by atoms with Gasteiger partial charge in [0.25, 0.3) is 5.91 Å². The van der Waals surface area contributed by atoms with Crippen LogP contribution in [-0.4, -0.2) is 31.7 Å². The van der Waals surface area contributed by atoms with Crippen LogP contribution in [0.1, 0.15) is 35.7 Å². The van der Waals surface area contributed by atoms with Gasteiger partial charge in [0.15, 0.2) is 0 Å². The van der Waals surface area contributed by atoms with Crippen LogP contribution in [-0.2, 0) is 10.0 Å². The fourth-order valence-electron chi connectivity index (χ4n) is 2.98. The van der Waals surface area contributed by atoms with E-state index in [9.17, 15) is 13.2 Å². The van der Waals surface area contributed by atoms with E-state index in [1.54, 1.807) is 23.6 Å². The number of piperidine rings is 1. The molecule has 1 atom stereocenters. The normalized spacial score (nSPS) is 18.2. The minimum atomic E-state index is -3.62. The van der Waals surface area contributed by atoms with Crippen molar-refractivity contribution in [1.82, 2.24) is 4.31 Å². The Kier molecular flexibility index (Phi) is 5.41. The molecule has 0 bridgehead atoms. The van der Waals surface area contributed by atoms with Crippen molar-refractivity contribution in [3.05, 3.63) is 46.8 Å². The lowest BCUT2D eigenvalue weighted by atomic mass is 10.0. The summed E-state index contributed by atoms with van der Waals surface area (Å²) in [6, 6.07) is 9.66. The first-order chi connectivity index (χ1) is 12.4. The zero-order chi connectivity index (χ0) is 18.7. The van der Waals surface area contributed by atoms with Crippen LogP contribution in [0.15, 0.2) is 40.6 Å². The molecule has 2 aromatic rings. The largest absolute Gasteiger partial charge is 0.312 e. The molecule has 1 N–H and O–H groups in total. The smallest absolute Gasteiger partial charge is 0.256 e. The minimum Gasteiger partial charge on any atom is -0.312 e. The van der Waals surface area contributed by atoms with Crippen LogP contribution in [0.25, 0.3) is 0 Å². The second kappa shape index (κ2) is 7.58. The van der Waals surface area contributed by atoms with E-state index >= 15 is 0 Å². The number of amides is 1. The fourth-order valence-corrected chi connectivity index (χ4v) is 5.36. The van der Waals surface area contributed by atoms with Gasteiger partial charge in [-0.1, -0.05) is 13.0 Å². The molecule has 1 amide bonds. The monoisotopic (exact) mass is 389 g/mol. The van der Waals surface area contributed by atoms with E-state index in [0.717, 1.165) is 12.8 Å². The maximum atomic E-state index is 12.9. The Balaban J connectivity index is 1.84. The van der Waals surface area contributed by atoms with E-state index in [2.05, 4.69) is 5.32 Å². The number of nitrogens with one attached hydrogen (secondary N) is 1. The van der Waals surface area contributed by atoms with Gasteiger partial charge in [0.1, 0.15) is 11.1 Å². The lowest BCUT2D eigenvalue weighted by Crippen LogP contribution is -2.39. The number of carbonyl (C=O) groups excluding carboxylic acids is 1. The van der Waals surface area contributed by atoms with Crippen LogP contribution in [0.2, 0.25) is 0 Å². The first kappa shape index (κ1) is 18.6. The second-order valence-electron chi connectivity index (χ2n) is 6.37. The number of rotatable bonds is 4. The molecule has 1 fully saturated rings. The summed E-state index contributed by atoms with van der Waals surface area (Å²) in [7, 11) is -3.62. The Hall–Kier alpha value is -2.21. The molecular weight excluding hydrogens is 370 g/mol. The number of sulfonamides is 1. The van der Waals surface area contributed by atoms with Gasteiger partial charge < -0.3 is 5.32 Å². The van der Waals surface area contributed by atoms with E-state index < -0.39 is 15.9 Å². The third kappa shape index (κ3) is 3.80. The summed E-state index contributed by atoms with van der Waals surface area (Å²) >= 11 is 1.25. The molecule has 0 unspecified atom stereocenters. The van der Waals surface area contributed by atoms with Crippen LogP contribution >= 0.6 is 11.3 Å². The number of anilines is 1. The summed E-state index contributed by atoms with van der Waals surface area (Å²) in [4.78, 5) is 12.6. The van der Waals surface area contributed by atoms with Crippen molar-refractivity contribution in [2.24, 2.45) is 5.92 Å². The van der Waals surface area contributed by atoms with Gasteiger partial charge in [-0.25, -0.2) is 8.42 Å². The van der Waals surface area contributed by atoms with Crippen LogP contribution in [0.3, 0.4) is 0 Å². The quantitative estimate of drug-likeness (QED) is 0.869. The van der Waals surface area contributed by atoms with Gasteiger partial charge >= 0.3 is 0 Å². The number of carbonyl (C=O) groups is 1. The number of nitriles is 1. The summed E-state index contributed by atoms with van der Waals surface area (Å²) in [5, 5.41) is 13.9. The topological polar surface area (TPSA) is 90.3 Å². The molecule has 3 rings (SSSR count). The predicted molar refractivity (Wildman–Crippen MR) is 101 cm³/mol. The lowest BCUT2D eigenvalue weighted by molar-refractivity contribution is 0.102. The maximum absolute atomic E-state index is 12.9. The Labute approximate surface area is 157 Å². The van der Waals surface area contributed by atoms with Gasteiger partial charge in [-0.3, -0.25) is 4.79 Å². The third-order valence-corrected chi connectivity index (χ3v) is 7.06. The minimum absolute atomic E-state index is 0.117. The average Bonchev–Trinajstić information content (AvgIpc) is 3.09. The average molecular weight is 390 g/mol. The van der Waals surface area contributed by atoms with Gasteiger partial charge in [0, 0.05) is 18.7 Å². The van der Waals surface area contributed by atoms with E-state index in [1.165, 1.54) is 27.8 Å². The van der Waals surface area contributed by atoms with Crippen molar-refractivity contribution < 1.29 is 13.2 Å². The first-order valence-electron chi connectivity index (χ1n) is 8.31. The molecule has 0 aliphatic carbocycles. The molecule has 26 heavy (non-hydrogen) atoms. The van der Waals surface area contributed by atoms with Crippen LogP contribution in [0, 0.1) is 17.2 Å². The van der Waals surface area contributed by atoms with Crippen molar-refractivity contribution in [2.45, 2.75) is 24.7 Å². The molecule has 8 heteroatoms. The molecule has 0 saturated carbocycles. The van der Waals surface area contributed by atoms with Gasteiger partial charge in [0.05, 0.1) is 10.5 Å². The van der Waals surface area contributed by atoms with Crippen molar-refractivity contribution in [2.75, 3.05) is 18.4 Å². The van der Waals surface area contributed by atoms with Crippen LogP contribution in [0.4, 0.5) is 5.00 Å². The fraction of sp³-hybridized carbons (Fsp3) is 0.333. The number of benzene rings is 1. The molecule has 1 aromatic carbocycles. The highest BCUT2D eigenvalue weighted by molar-refractivity contribution is 7.89. The predicted octanol–water partition coefficient (Wildman–Crippen LogP) is 3.29. The molecule has 1 aliphatic heterocycles. The lowest BCUT2D eigenvalue weighted by Gasteiger charge is -2.30. The standard InChI is InChI=1S/C18H19N3O3S2/c1-13-4-3-8-21(12-13)26(23,24)16-6-2-5-14(10-16)17(22)20-18-15(11-19)7-9-25-18/h2,5-7,9-10,13H,3-4,8,12H2,1H3,(H,20,22)/t13-/m1/s1. The molecule has 0 radical (unpaired) electrons. The highest BCUT2D eigenvalue weighted by Crippen LogP contribution is 2.25. The molecule has 0 spiro atoms. The Morgan fingerprint density at radius 1 is 1.38 bits per heavy atom. The summed E-state index contributed by atoms with van der Waals surface area (Å²) < 4.78 is 27.2. The maximum Gasteiger partial charge on any atom is 0.256 e. The SMILES string of the molecule is C[C@@H]1CCCN(S(=O)(=O)c2cccc(C(=O)Nc3sccc3C#N)c2)C1. The van der Waals surface area contributed by atoms with E-state index in [-0.39, 0.29) is 10.5 Å². The molecule has 2 heterocycles. The number of hydrogen-bond donors (Lipinski definition) is 1. The Morgan fingerprint density at radius 3 is 2.92 bits per heavy atom. The van der Waals surface area contributed by atoms with Crippen LogP contribution in [0.5, 0.6) is 0 Å². The van der Waals surface area contributed by atoms with Gasteiger partial charge in [-0.15, -0.1) is 11.3 Å². The zero-order valence-electron chi connectivity index (χ0n) is 14.3. The summed E-state index contributed by atoms with van der Waals surface area (Å²) in [5.41, 5.74) is 0.628. The molecule has 1 aliphatic rings. The van der Waals surface area contributed by atoms with Crippen molar-refractivity contribution in [3.8, 4) is 6.07 Å². The number of hydrogen-bond acceptors (Lipinski definition) is 5. The summed E-state index contributed by atoms with van der Waals surface area (Å²) in [5.74, 6) is -0.110. The van der Waals surface area contributed by atoms with Gasteiger partial charge in [-0.05, 0) is 48.4 Å². The molecule has 136 valence electrons. The van der Waals surface area contributed by atoms with Gasteiger partial charge in [0.2, 0.25) is 10.0 Å². The van der Waals surface area contributed by atoms with Gasteiger partial charge in [-0.2, -0.15) is 9.57 Å². The molecular formula is C18H19N3O3S2. The van der Waals surface area contributed by atoms with E-state index in [0.29, 0.717) is 29.6 Å². The summed E-state index contributed by atoms with van der Waals surface area (Å²) in [6.07, 6.45) is 1.87. The molecule has 6 nitrogen and oxygen atoms in total. The number of thiophene rings is 1. The van der Waals surface area contributed by atoms with E-state index in [1.807, 2.05) is 13.0 Å². The third-order valence-electron chi connectivity index (χ3n) is 4.37. The first-order valence-corrected chi connectivity index (χ1v) is 10.6. The van der Waals surface area contributed by atoms with Crippen LogP contribution < -0.4 is 5.32 Å². The Bertz CT molecular complexity index is 960. The highest BCUT2D eigenvalue weighted by Gasteiger charge is 2.29. The Morgan fingerprint density at radius 2 is 2.19 bits per heavy atom. The van der Waals surface area contributed by atoms with Crippen molar-refractivity contribution in [1.29, 1.82) is 5.26 Å².